The smallest absolute Gasteiger partial charge is 0.289 e. The highest BCUT2D eigenvalue weighted by Crippen LogP contribution is 2.24. The molecule has 1 aromatic heterocycles. The van der Waals surface area contributed by atoms with E-state index in [9.17, 15) is 4.79 Å². The zero-order valence-electron chi connectivity index (χ0n) is 10.6. The Balaban J connectivity index is 2.06. The lowest BCUT2D eigenvalue weighted by atomic mass is 9.90. The lowest BCUT2D eigenvalue weighted by Gasteiger charge is -2.35. The van der Waals surface area contributed by atoms with Crippen LogP contribution in [-0.4, -0.2) is 29.4 Å². The molecule has 1 aliphatic carbocycles. The molecular formula is C13H19ClN2O2. The Morgan fingerprint density at radius 1 is 1.44 bits per heavy atom. The van der Waals surface area contributed by atoms with Crippen LogP contribution < -0.4 is 5.73 Å². The first-order chi connectivity index (χ1) is 8.61. The number of hydrogen-bond acceptors (Lipinski definition) is 3. The minimum atomic E-state index is -0.0788. The van der Waals surface area contributed by atoms with Crippen molar-refractivity contribution < 1.29 is 9.21 Å². The minimum Gasteiger partial charge on any atom is -0.440 e. The van der Waals surface area contributed by atoms with Crippen LogP contribution in [0.5, 0.6) is 0 Å². The van der Waals surface area contributed by atoms with Gasteiger partial charge in [-0.2, -0.15) is 0 Å². The van der Waals surface area contributed by atoms with Crippen molar-refractivity contribution in [1.29, 1.82) is 0 Å². The highest BCUT2D eigenvalue weighted by atomic mass is 35.5. The van der Waals surface area contributed by atoms with Gasteiger partial charge in [-0.1, -0.05) is 0 Å². The maximum Gasteiger partial charge on any atom is 0.289 e. The molecule has 0 radical (unpaired) electrons. The summed E-state index contributed by atoms with van der Waals surface area (Å²) < 4.78 is 5.19. The molecule has 1 fully saturated rings. The van der Waals surface area contributed by atoms with E-state index in [0.717, 1.165) is 25.7 Å². The molecule has 100 valence electrons. The van der Waals surface area contributed by atoms with E-state index in [-0.39, 0.29) is 23.2 Å². The van der Waals surface area contributed by atoms with Gasteiger partial charge in [-0.25, -0.2) is 0 Å². The fraction of sp³-hybridized carbons (Fsp3) is 0.615. The number of halogens is 1. The van der Waals surface area contributed by atoms with Gasteiger partial charge in [-0.05, 0) is 56.3 Å². The Labute approximate surface area is 112 Å². The van der Waals surface area contributed by atoms with Crippen LogP contribution >= 0.6 is 11.6 Å². The van der Waals surface area contributed by atoms with Crippen LogP contribution in [0.2, 0.25) is 5.22 Å². The van der Waals surface area contributed by atoms with Gasteiger partial charge in [-0.3, -0.25) is 4.79 Å². The Morgan fingerprint density at radius 2 is 2.11 bits per heavy atom. The fourth-order valence-electron chi connectivity index (χ4n) is 2.55. The number of furan rings is 1. The monoisotopic (exact) mass is 270 g/mol. The number of hydrogen-bond donors (Lipinski definition) is 1. The quantitative estimate of drug-likeness (QED) is 0.919. The third-order valence-electron chi connectivity index (χ3n) is 3.57. The Hall–Kier alpha value is -1.00. The van der Waals surface area contributed by atoms with E-state index in [1.807, 2.05) is 11.8 Å². The van der Waals surface area contributed by atoms with Gasteiger partial charge in [0.25, 0.3) is 5.91 Å². The molecule has 4 nitrogen and oxygen atoms in total. The molecule has 1 heterocycles. The number of carbonyl (C=O) groups is 1. The van der Waals surface area contributed by atoms with Gasteiger partial charge in [0.2, 0.25) is 0 Å². The standard InChI is InChI=1S/C13H19ClN2O2/c1-2-16(10-5-3-9(15)4-6-10)13(17)11-7-8-12(14)18-11/h7-10H,2-6,15H2,1H3. The molecule has 2 N–H and O–H groups in total. The molecule has 0 unspecified atom stereocenters. The van der Waals surface area contributed by atoms with Crippen molar-refractivity contribution in [2.24, 2.45) is 5.73 Å². The summed E-state index contributed by atoms with van der Waals surface area (Å²) in [5.41, 5.74) is 5.89. The van der Waals surface area contributed by atoms with Gasteiger partial charge in [0, 0.05) is 18.6 Å². The first kappa shape index (κ1) is 13.4. The van der Waals surface area contributed by atoms with Gasteiger partial charge in [0.05, 0.1) is 0 Å². The van der Waals surface area contributed by atoms with Gasteiger partial charge < -0.3 is 15.1 Å². The first-order valence-corrected chi connectivity index (χ1v) is 6.81. The maximum absolute atomic E-state index is 12.3. The molecular weight excluding hydrogens is 252 g/mol. The molecule has 2 rings (SSSR count). The van der Waals surface area contributed by atoms with Gasteiger partial charge in [-0.15, -0.1) is 0 Å². The van der Waals surface area contributed by atoms with Crippen molar-refractivity contribution in [2.75, 3.05) is 6.54 Å². The summed E-state index contributed by atoms with van der Waals surface area (Å²) in [5, 5.41) is 0.250. The highest BCUT2D eigenvalue weighted by Gasteiger charge is 2.28. The molecule has 5 heteroatoms. The predicted octanol–water partition coefficient (Wildman–Crippen LogP) is 2.67. The topological polar surface area (TPSA) is 59.5 Å². The Kier molecular flexibility index (Phi) is 4.30. The van der Waals surface area contributed by atoms with Crippen molar-refractivity contribution in [3.05, 3.63) is 23.1 Å². The van der Waals surface area contributed by atoms with Crippen LogP contribution in [0.4, 0.5) is 0 Å². The molecule has 1 aromatic rings. The molecule has 1 amide bonds. The van der Waals surface area contributed by atoms with E-state index in [2.05, 4.69) is 0 Å². The summed E-state index contributed by atoms with van der Waals surface area (Å²) >= 11 is 5.70. The SMILES string of the molecule is CCN(C(=O)c1ccc(Cl)o1)C1CCC(N)CC1. The van der Waals surface area contributed by atoms with E-state index < -0.39 is 0 Å². The first-order valence-electron chi connectivity index (χ1n) is 6.43. The lowest BCUT2D eigenvalue weighted by molar-refractivity contribution is 0.0608. The van der Waals surface area contributed by atoms with E-state index in [1.54, 1.807) is 12.1 Å². The minimum absolute atomic E-state index is 0.0788. The number of rotatable bonds is 3. The zero-order valence-corrected chi connectivity index (χ0v) is 11.3. The average Bonchev–Trinajstić information content (AvgIpc) is 2.79. The second kappa shape index (κ2) is 5.76. The summed E-state index contributed by atoms with van der Waals surface area (Å²) in [7, 11) is 0. The molecule has 0 atom stereocenters. The Bertz CT molecular complexity index is 411. The van der Waals surface area contributed by atoms with E-state index in [0.29, 0.717) is 12.3 Å². The predicted molar refractivity (Wildman–Crippen MR) is 70.7 cm³/mol. The number of nitrogens with zero attached hydrogens (tertiary/aromatic N) is 1. The second-order valence-corrected chi connectivity index (χ2v) is 5.14. The normalized spacial score (nSPS) is 23.9. The third-order valence-corrected chi connectivity index (χ3v) is 3.77. The maximum atomic E-state index is 12.3. The van der Waals surface area contributed by atoms with E-state index in [4.69, 9.17) is 21.8 Å². The van der Waals surface area contributed by atoms with Crippen molar-refractivity contribution in [3.63, 3.8) is 0 Å². The molecule has 1 aliphatic rings. The van der Waals surface area contributed by atoms with Crippen LogP contribution in [0.15, 0.2) is 16.5 Å². The van der Waals surface area contributed by atoms with Crippen LogP contribution in [0, 0.1) is 0 Å². The second-order valence-electron chi connectivity index (χ2n) is 4.76. The van der Waals surface area contributed by atoms with Crippen molar-refractivity contribution in [3.8, 4) is 0 Å². The lowest BCUT2D eigenvalue weighted by Crippen LogP contribution is -2.44. The summed E-state index contributed by atoms with van der Waals surface area (Å²) in [5.74, 6) is 0.238. The fourth-order valence-corrected chi connectivity index (χ4v) is 2.70. The van der Waals surface area contributed by atoms with E-state index >= 15 is 0 Å². The summed E-state index contributed by atoms with van der Waals surface area (Å²) in [4.78, 5) is 14.2. The highest BCUT2D eigenvalue weighted by molar-refractivity contribution is 6.29. The van der Waals surface area contributed by atoms with Crippen molar-refractivity contribution in [1.82, 2.24) is 4.90 Å². The van der Waals surface area contributed by atoms with Gasteiger partial charge >= 0.3 is 0 Å². The van der Waals surface area contributed by atoms with Crippen LogP contribution in [0.25, 0.3) is 0 Å². The number of nitrogens with two attached hydrogens (primary N) is 1. The molecule has 0 aliphatic heterocycles. The van der Waals surface area contributed by atoms with E-state index in [1.165, 1.54) is 0 Å². The van der Waals surface area contributed by atoms with Crippen molar-refractivity contribution >= 4 is 17.5 Å². The van der Waals surface area contributed by atoms with Gasteiger partial charge in [0.1, 0.15) is 0 Å². The largest absolute Gasteiger partial charge is 0.440 e. The summed E-state index contributed by atoms with van der Waals surface area (Å²) in [6, 6.07) is 3.78. The summed E-state index contributed by atoms with van der Waals surface area (Å²) in [6.07, 6.45) is 3.89. The Morgan fingerprint density at radius 3 is 2.61 bits per heavy atom. The van der Waals surface area contributed by atoms with Gasteiger partial charge in [0.15, 0.2) is 11.0 Å². The molecule has 0 spiro atoms. The molecule has 0 bridgehead atoms. The third kappa shape index (κ3) is 2.87. The van der Waals surface area contributed by atoms with Crippen LogP contribution in [0.3, 0.4) is 0 Å². The average molecular weight is 271 g/mol. The molecule has 1 saturated carbocycles. The summed E-state index contributed by atoms with van der Waals surface area (Å²) in [6.45, 7) is 2.66. The zero-order chi connectivity index (χ0) is 13.1. The van der Waals surface area contributed by atoms with Crippen LogP contribution in [0.1, 0.15) is 43.2 Å². The van der Waals surface area contributed by atoms with Crippen molar-refractivity contribution in [2.45, 2.75) is 44.7 Å². The molecule has 0 saturated heterocycles. The number of carbonyl (C=O) groups excluding carboxylic acids is 1. The molecule has 0 aromatic carbocycles. The number of amides is 1. The van der Waals surface area contributed by atoms with Crippen LogP contribution in [-0.2, 0) is 0 Å². The molecule has 18 heavy (non-hydrogen) atoms.